The van der Waals surface area contributed by atoms with Crippen LogP contribution in [0.25, 0.3) is 0 Å². The summed E-state index contributed by atoms with van der Waals surface area (Å²) in [5.74, 6) is -0.188. The molecule has 0 saturated carbocycles. The van der Waals surface area contributed by atoms with E-state index in [-0.39, 0.29) is 42.5 Å². The van der Waals surface area contributed by atoms with Crippen LogP contribution < -0.4 is 15.0 Å². The number of morpholine rings is 1. The van der Waals surface area contributed by atoms with Crippen molar-refractivity contribution in [3.8, 4) is 0 Å². The molecule has 0 radical (unpaired) electrons. The molecule has 2 aromatic rings. The number of nitrogens with zero attached hydrogens (tertiary/aromatic N) is 3. The van der Waals surface area contributed by atoms with Gasteiger partial charge >= 0.3 is 6.09 Å². The Morgan fingerprint density at radius 1 is 1.06 bits per heavy atom. The summed E-state index contributed by atoms with van der Waals surface area (Å²) in [5, 5.41) is 21.1. The number of rotatable bonds is 4. The van der Waals surface area contributed by atoms with Crippen molar-refractivity contribution in [2.75, 3.05) is 36.0 Å². The summed E-state index contributed by atoms with van der Waals surface area (Å²) >= 11 is 0. The van der Waals surface area contributed by atoms with Crippen molar-refractivity contribution in [1.82, 2.24) is 4.90 Å². The van der Waals surface area contributed by atoms with Crippen molar-refractivity contribution in [1.29, 1.82) is 0 Å². The van der Waals surface area contributed by atoms with Gasteiger partial charge in [0.25, 0.3) is 5.91 Å². The van der Waals surface area contributed by atoms with Gasteiger partial charge in [-0.15, -0.1) is 0 Å². The van der Waals surface area contributed by atoms with E-state index in [0.717, 1.165) is 11.3 Å². The van der Waals surface area contributed by atoms with E-state index < -0.39 is 5.23 Å². The van der Waals surface area contributed by atoms with Crippen LogP contribution in [0.4, 0.5) is 21.9 Å². The highest BCUT2D eigenvalue weighted by Crippen LogP contribution is 2.34. The number of fused-ring (bicyclic) bond motifs is 1. The molecule has 3 atom stereocenters. The van der Waals surface area contributed by atoms with Crippen molar-refractivity contribution < 1.29 is 29.5 Å². The van der Waals surface area contributed by atoms with Crippen molar-refractivity contribution >= 4 is 29.1 Å². The van der Waals surface area contributed by atoms with Crippen molar-refractivity contribution in [2.45, 2.75) is 51.5 Å². The number of carbonyl (C=O) groups is 2. The van der Waals surface area contributed by atoms with Crippen LogP contribution >= 0.6 is 0 Å². The molecule has 192 valence electrons. The van der Waals surface area contributed by atoms with Crippen LogP contribution in [0.5, 0.6) is 0 Å². The van der Waals surface area contributed by atoms with E-state index in [1.54, 1.807) is 21.9 Å². The number of carbonyl (C=O) groups excluding carboxylic acids is 2. The first-order valence-corrected chi connectivity index (χ1v) is 12.4. The van der Waals surface area contributed by atoms with Crippen molar-refractivity contribution in [2.24, 2.45) is 0 Å². The fourth-order valence-electron chi connectivity index (χ4n) is 5.53. The maximum atomic E-state index is 13.1. The fraction of sp³-hybridized carbons (Fsp3) is 0.462. The first kappa shape index (κ1) is 24.5. The monoisotopic (exact) mass is 496 g/mol. The lowest BCUT2D eigenvalue weighted by Crippen LogP contribution is -2.99. The van der Waals surface area contributed by atoms with Crippen LogP contribution in [0.15, 0.2) is 42.5 Å². The summed E-state index contributed by atoms with van der Waals surface area (Å²) in [6.45, 7) is 6.25. The summed E-state index contributed by atoms with van der Waals surface area (Å²) in [4.78, 5) is 31.2. The first-order chi connectivity index (χ1) is 17.3. The Morgan fingerprint density at radius 2 is 1.75 bits per heavy atom. The Hall–Kier alpha value is -3.18. The maximum absolute atomic E-state index is 13.1. The van der Waals surface area contributed by atoms with E-state index in [1.165, 1.54) is 6.07 Å². The molecule has 0 aliphatic carbocycles. The fourth-order valence-corrected chi connectivity index (χ4v) is 5.53. The number of anilines is 2. The van der Waals surface area contributed by atoms with E-state index in [4.69, 9.17) is 9.47 Å². The quantitative estimate of drug-likeness (QED) is 0.626. The Morgan fingerprint density at radius 3 is 2.44 bits per heavy atom. The number of amides is 2. The number of para-hydroxylation sites is 1. The van der Waals surface area contributed by atoms with Gasteiger partial charge in [0.2, 0.25) is 0 Å². The molecule has 0 aromatic heterocycles. The van der Waals surface area contributed by atoms with Gasteiger partial charge in [0.05, 0.1) is 17.9 Å². The molecule has 2 saturated heterocycles. The van der Waals surface area contributed by atoms with Crippen LogP contribution in [0.2, 0.25) is 0 Å². The summed E-state index contributed by atoms with van der Waals surface area (Å²) in [6.07, 6.45) is 0.870. The molecule has 10 nitrogen and oxygen atoms in total. The Bertz CT molecular complexity index is 1120. The number of quaternary nitrogens is 1. The highest BCUT2D eigenvalue weighted by molar-refractivity contribution is 5.96. The first-order valence-electron chi connectivity index (χ1n) is 12.4. The number of hydrogen-bond donors (Lipinski definition) is 2. The Kier molecular flexibility index (Phi) is 6.85. The van der Waals surface area contributed by atoms with Crippen molar-refractivity contribution in [3.63, 3.8) is 0 Å². The molecule has 3 heterocycles. The average molecular weight is 497 g/mol. The molecule has 36 heavy (non-hydrogen) atoms. The summed E-state index contributed by atoms with van der Waals surface area (Å²) in [5.41, 5.74) is 2.92. The molecule has 2 N–H and O–H groups in total. The van der Waals surface area contributed by atoms with Crippen LogP contribution in [0.1, 0.15) is 42.6 Å². The van der Waals surface area contributed by atoms with Gasteiger partial charge in [0.1, 0.15) is 12.3 Å². The van der Waals surface area contributed by atoms with E-state index >= 15 is 0 Å². The highest BCUT2D eigenvalue weighted by Gasteiger charge is 2.35. The lowest BCUT2D eigenvalue weighted by atomic mass is 9.99. The summed E-state index contributed by atoms with van der Waals surface area (Å²) < 4.78 is 11.1. The molecular formula is C26H32N4O6. The standard InChI is InChI=1S/C26H32N4O6/c1-17-14-28(15-18(2)36-17)25(31)19-7-8-23(24(13-19)30(33)34)27-11-9-21(10-12-27)29-22-6-4-3-5-20(22)16-35-26(29)32/h3-8,13,17-18,21,30,33H,9-12,14-16H2,1-2H3/t17-,18+. The maximum Gasteiger partial charge on any atom is 0.414 e. The van der Waals surface area contributed by atoms with E-state index in [9.17, 15) is 20.0 Å². The normalized spacial score (nSPS) is 23.8. The molecule has 1 unspecified atom stereocenters. The molecule has 3 aliphatic rings. The molecule has 10 heteroatoms. The number of nitrogens with one attached hydrogen (secondary N) is 1. The topological polar surface area (TPSA) is 110 Å². The SMILES string of the molecule is C[C@@H]1CN(C(=O)c2ccc(N3CCC(N4C(=O)OCc5ccccc54)CC3)c([NH+]([O-])O)c2)C[C@H](C)O1. The third kappa shape index (κ3) is 4.77. The molecule has 0 bridgehead atoms. The second-order valence-corrected chi connectivity index (χ2v) is 9.78. The third-order valence-corrected chi connectivity index (χ3v) is 7.15. The lowest BCUT2D eigenvalue weighted by Gasteiger charge is -2.41. The second-order valence-electron chi connectivity index (χ2n) is 9.78. The highest BCUT2D eigenvalue weighted by atomic mass is 16.8. The van der Waals surface area contributed by atoms with E-state index in [1.807, 2.05) is 43.0 Å². The van der Waals surface area contributed by atoms with Gasteiger partial charge in [-0.1, -0.05) is 18.2 Å². The molecule has 0 spiro atoms. The van der Waals surface area contributed by atoms with Gasteiger partial charge in [0, 0.05) is 49.4 Å². The van der Waals surface area contributed by atoms with Crippen LogP contribution in [0, 0.1) is 5.21 Å². The molecule has 2 aromatic carbocycles. The minimum atomic E-state index is -1.07. The minimum Gasteiger partial charge on any atom is -0.595 e. The zero-order chi connectivity index (χ0) is 25.4. The zero-order valence-electron chi connectivity index (χ0n) is 20.6. The molecule has 3 aliphatic heterocycles. The molecule has 2 fully saturated rings. The third-order valence-electron chi connectivity index (χ3n) is 7.15. The lowest BCUT2D eigenvalue weighted by molar-refractivity contribution is -0.990. The zero-order valence-corrected chi connectivity index (χ0v) is 20.6. The molecular weight excluding hydrogens is 464 g/mol. The van der Waals surface area contributed by atoms with Crippen LogP contribution in [-0.2, 0) is 16.1 Å². The van der Waals surface area contributed by atoms with Gasteiger partial charge in [0.15, 0.2) is 5.69 Å². The smallest absolute Gasteiger partial charge is 0.414 e. The van der Waals surface area contributed by atoms with Gasteiger partial charge in [-0.3, -0.25) is 9.69 Å². The van der Waals surface area contributed by atoms with E-state index in [0.29, 0.717) is 50.3 Å². The van der Waals surface area contributed by atoms with Crippen LogP contribution in [0.3, 0.4) is 0 Å². The van der Waals surface area contributed by atoms with Crippen LogP contribution in [-0.4, -0.2) is 66.5 Å². The van der Waals surface area contributed by atoms with Gasteiger partial charge < -0.3 is 24.5 Å². The number of ether oxygens (including phenoxy) is 2. The van der Waals surface area contributed by atoms with Gasteiger partial charge in [-0.2, -0.15) is 5.23 Å². The summed E-state index contributed by atoms with van der Waals surface area (Å²) in [7, 11) is 0. The average Bonchev–Trinajstić information content (AvgIpc) is 2.87. The minimum absolute atomic E-state index is 0.0328. The van der Waals surface area contributed by atoms with Gasteiger partial charge in [-0.25, -0.2) is 10.0 Å². The predicted octanol–water partition coefficient (Wildman–Crippen LogP) is 2.47. The Balaban J connectivity index is 1.32. The number of cyclic esters (lactones) is 1. The summed E-state index contributed by atoms with van der Waals surface area (Å²) in [6, 6.07) is 12.6. The second kappa shape index (κ2) is 10.1. The van der Waals surface area contributed by atoms with E-state index in [2.05, 4.69) is 0 Å². The predicted molar refractivity (Wildman–Crippen MR) is 132 cm³/mol. The van der Waals surface area contributed by atoms with Gasteiger partial charge in [-0.05, 0) is 44.9 Å². The largest absolute Gasteiger partial charge is 0.595 e. The number of piperidine rings is 1. The molecule has 5 rings (SSSR count). The van der Waals surface area contributed by atoms with Crippen molar-refractivity contribution in [3.05, 3.63) is 58.8 Å². The molecule has 2 amide bonds. The number of hydrogen-bond acceptors (Lipinski definition) is 7. The number of benzene rings is 2. The Labute approximate surface area is 210 Å².